The van der Waals surface area contributed by atoms with Crippen LogP contribution in [0.1, 0.15) is 6.92 Å². The highest BCUT2D eigenvalue weighted by atomic mass is 32.2. The molecule has 0 saturated carbocycles. The predicted octanol–water partition coefficient (Wildman–Crippen LogP) is -1.43. The number of sulfone groups is 1. The van der Waals surface area contributed by atoms with Crippen molar-refractivity contribution < 1.29 is 13.2 Å². The summed E-state index contributed by atoms with van der Waals surface area (Å²) in [7, 11) is -1.28. The lowest BCUT2D eigenvalue weighted by molar-refractivity contribution is 0.185. The van der Waals surface area contributed by atoms with E-state index in [1.807, 2.05) is 11.8 Å². The number of hydrogen-bond donors (Lipinski definition) is 2. The van der Waals surface area contributed by atoms with Crippen molar-refractivity contribution in [3.05, 3.63) is 0 Å². The first-order chi connectivity index (χ1) is 7.98. The molecule has 17 heavy (non-hydrogen) atoms. The minimum atomic E-state index is -2.89. The van der Waals surface area contributed by atoms with Gasteiger partial charge in [-0.15, -0.1) is 0 Å². The number of methoxy groups -OCH3 is 1. The summed E-state index contributed by atoms with van der Waals surface area (Å²) in [6.45, 7) is 3.25. The summed E-state index contributed by atoms with van der Waals surface area (Å²) in [4.78, 5) is 6.18. The van der Waals surface area contributed by atoms with Gasteiger partial charge in [0, 0.05) is 20.2 Å². The Morgan fingerprint density at radius 1 is 1.53 bits per heavy atom. The molecule has 8 heteroatoms. The lowest BCUT2D eigenvalue weighted by Gasteiger charge is -2.29. The molecule has 1 unspecified atom stereocenters. The van der Waals surface area contributed by atoms with Gasteiger partial charge in [-0.25, -0.2) is 19.3 Å². The monoisotopic (exact) mass is 264 g/mol. The van der Waals surface area contributed by atoms with Crippen molar-refractivity contribution in [2.75, 3.05) is 38.3 Å². The Morgan fingerprint density at radius 3 is 2.59 bits per heavy atom. The van der Waals surface area contributed by atoms with Crippen molar-refractivity contribution in [2.45, 2.75) is 13.0 Å². The summed E-state index contributed by atoms with van der Waals surface area (Å²) >= 11 is 0. The zero-order chi connectivity index (χ0) is 12.9. The molecule has 0 amide bonds. The third kappa shape index (κ3) is 4.49. The van der Waals surface area contributed by atoms with Gasteiger partial charge >= 0.3 is 0 Å². The van der Waals surface area contributed by atoms with E-state index in [1.165, 1.54) is 0 Å². The van der Waals surface area contributed by atoms with Gasteiger partial charge in [0.2, 0.25) is 5.96 Å². The molecule has 1 aliphatic rings. The van der Waals surface area contributed by atoms with E-state index in [1.54, 1.807) is 7.11 Å². The first-order valence-electron chi connectivity index (χ1n) is 5.47. The van der Waals surface area contributed by atoms with E-state index < -0.39 is 9.84 Å². The van der Waals surface area contributed by atoms with Gasteiger partial charge in [-0.3, -0.25) is 5.43 Å². The van der Waals surface area contributed by atoms with Crippen LogP contribution >= 0.6 is 0 Å². The number of hydrogen-bond acceptors (Lipinski definition) is 5. The molecule has 100 valence electrons. The average Bonchev–Trinajstić information content (AvgIpc) is 2.27. The van der Waals surface area contributed by atoms with Crippen molar-refractivity contribution in [3.63, 3.8) is 0 Å². The van der Waals surface area contributed by atoms with E-state index in [9.17, 15) is 8.42 Å². The van der Waals surface area contributed by atoms with Crippen molar-refractivity contribution in [1.29, 1.82) is 0 Å². The number of nitrogens with one attached hydrogen (secondary N) is 1. The molecule has 1 fully saturated rings. The lowest BCUT2D eigenvalue weighted by Crippen LogP contribution is -2.51. The average molecular weight is 264 g/mol. The Bertz CT molecular complexity index is 354. The topological polar surface area (TPSA) is 97.0 Å². The van der Waals surface area contributed by atoms with E-state index in [2.05, 4.69) is 10.4 Å². The maximum Gasteiger partial charge on any atom is 0.208 e. The number of ether oxygens (including phenoxy) is 1. The number of nitrogens with two attached hydrogens (primary N) is 1. The highest BCUT2D eigenvalue weighted by Crippen LogP contribution is 2.04. The number of nitrogens with zero attached hydrogens (tertiary/aromatic N) is 2. The highest BCUT2D eigenvalue weighted by molar-refractivity contribution is 7.91. The molecule has 0 aliphatic carbocycles. The molecule has 0 radical (unpaired) electrons. The number of rotatable bonds is 3. The minimum absolute atomic E-state index is 0.0235. The molecule has 1 saturated heterocycles. The molecule has 1 aliphatic heterocycles. The third-order valence-electron chi connectivity index (χ3n) is 2.52. The van der Waals surface area contributed by atoms with Crippen LogP contribution in [-0.4, -0.2) is 63.6 Å². The number of hydrazine groups is 1. The van der Waals surface area contributed by atoms with Crippen LogP contribution in [-0.2, 0) is 14.6 Å². The molecule has 1 atom stereocenters. The fourth-order valence-corrected chi connectivity index (χ4v) is 2.82. The first-order valence-corrected chi connectivity index (χ1v) is 7.29. The van der Waals surface area contributed by atoms with Crippen molar-refractivity contribution in [1.82, 2.24) is 10.3 Å². The van der Waals surface area contributed by atoms with E-state index in [0.29, 0.717) is 25.7 Å². The van der Waals surface area contributed by atoms with Gasteiger partial charge in [0.25, 0.3) is 0 Å². The fraction of sp³-hybridized carbons (Fsp3) is 0.889. The molecule has 3 N–H and O–H groups in total. The zero-order valence-electron chi connectivity index (χ0n) is 10.2. The SMILES string of the molecule is COCC(C)N=C(NN)N1CCS(=O)(=O)CC1. The van der Waals surface area contributed by atoms with Gasteiger partial charge in [-0.2, -0.15) is 0 Å². The second-order valence-electron chi connectivity index (χ2n) is 4.04. The van der Waals surface area contributed by atoms with Gasteiger partial charge in [0.15, 0.2) is 9.84 Å². The van der Waals surface area contributed by atoms with Gasteiger partial charge in [-0.05, 0) is 6.92 Å². The number of guanidine groups is 1. The Labute approximate surface area is 102 Å². The maximum atomic E-state index is 11.3. The van der Waals surface area contributed by atoms with Crippen LogP contribution in [0.4, 0.5) is 0 Å². The summed E-state index contributed by atoms with van der Waals surface area (Å²) in [5.74, 6) is 6.21. The van der Waals surface area contributed by atoms with Gasteiger partial charge in [0.05, 0.1) is 24.2 Å². The van der Waals surface area contributed by atoms with E-state index in [4.69, 9.17) is 10.6 Å². The van der Waals surface area contributed by atoms with Gasteiger partial charge in [0.1, 0.15) is 0 Å². The normalized spacial score (nSPS) is 22.3. The second-order valence-corrected chi connectivity index (χ2v) is 6.34. The fourth-order valence-electron chi connectivity index (χ4n) is 1.62. The van der Waals surface area contributed by atoms with Crippen LogP contribution in [0.25, 0.3) is 0 Å². The van der Waals surface area contributed by atoms with E-state index in [-0.39, 0.29) is 17.5 Å². The van der Waals surface area contributed by atoms with Crippen LogP contribution in [0.3, 0.4) is 0 Å². The summed E-state index contributed by atoms with van der Waals surface area (Å²) in [6.07, 6.45) is 0. The number of aliphatic imine (C=N–C) groups is 1. The molecule has 1 rings (SSSR count). The molecular formula is C9H20N4O3S. The van der Waals surface area contributed by atoms with Crippen LogP contribution in [0.15, 0.2) is 4.99 Å². The van der Waals surface area contributed by atoms with E-state index >= 15 is 0 Å². The van der Waals surface area contributed by atoms with Gasteiger partial charge in [-0.1, -0.05) is 0 Å². The molecule has 0 bridgehead atoms. The summed E-state index contributed by atoms with van der Waals surface area (Å²) in [5, 5.41) is 0. The molecule has 0 spiro atoms. The zero-order valence-corrected chi connectivity index (χ0v) is 11.0. The Balaban J connectivity index is 2.63. The smallest absolute Gasteiger partial charge is 0.208 e. The summed E-state index contributed by atoms with van der Waals surface area (Å²) in [6, 6.07) is -0.0235. The standard InChI is InChI=1S/C9H20N4O3S/c1-8(7-16-2)11-9(12-10)13-3-5-17(14,15)6-4-13/h8H,3-7,10H2,1-2H3,(H,11,12). The Kier molecular flexibility index (Phi) is 5.16. The second kappa shape index (κ2) is 6.18. The lowest BCUT2D eigenvalue weighted by atomic mass is 10.4. The largest absolute Gasteiger partial charge is 0.382 e. The molecule has 0 aromatic carbocycles. The summed E-state index contributed by atoms with van der Waals surface area (Å²) in [5.41, 5.74) is 2.51. The van der Waals surface area contributed by atoms with Crippen molar-refractivity contribution >= 4 is 15.8 Å². The minimum Gasteiger partial charge on any atom is -0.382 e. The maximum absolute atomic E-state index is 11.3. The van der Waals surface area contributed by atoms with Crippen molar-refractivity contribution in [3.8, 4) is 0 Å². The molecule has 0 aromatic rings. The van der Waals surface area contributed by atoms with E-state index in [0.717, 1.165) is 0 Å². The first kappa shape index (κ1) is 14.2. The highest BCUT2D eigenvalue weighted by Gasteiger charge is 2.23. The van der Waals surface area contributed by atoms with Crippen molar-refractivity contribution in [2.24, 2.45) is 10.8 Å². The predicted molar refractivity (Wildman–Crippen MR) is 66.3 cm³/mol. The Hall–Kier alpha value is -0.860. The molecular weight excluding hydrogens is 244 g/mol. The Morgan fingerprint density at radius 2 is 2.12 bits per heavy atom. The van der Waals surface area contributed by atoms with Gasteiger partial charge < -0.3 is 9.64 Å². The van der Waals surface area contributed by atoms with Crippen LogP contribution in [0, 0.1) is 0 Å². The van der Waals surface area contributed by atoms with Crippen LogP contribution in [0.5, 0.6) is 0 Å². The molecule has 7 nitrogen and oxygen atoms in total. The van der Waals surface area contributed by atoms with Crippen LogP contribution < -0.4 is 11.3 Å². The quantitative estimate of drug-likeness (QED) is 0.281. The van der Waals surface area contributed by atoms with Crippen LogP contribution in [0.2, 0.25) is 0 Å². The molecule has 1 heterocycles. The summed E-state index contributed by atoms with van der Waals surface area (Å²) < 4.78 is 27.6. The third-order valence-corrected chi connectivity index (χ3v) is 4.13. The molecule has 0 aromatic heterocycles.